The molecule has 2 unspecified atom stereocenters. The van der Waals surface area contributed by atoms with Gasteiger partial charge in [-0.05, 0) is 25.5 Å². The van der Waals surface area contributed by atoms with Gasteiger partial charge in [0.1, 0.15) is 0 Å². The molecule has 0 saturated heterocycles. The van der Waals surface area contributed by atoms with Crippen molar-refractivity contribution in [2.24, 2.45) is 0 Å². The van der Waals surface area contributed by atoms with E-state index in [1.807, 2.05) is 24.3 Å². The Balaban J connectivity index is 1.82. The van der Waals surface area contributed by atoms with Gasteiger partial charge in [-0.25, -0.2) is 0 Å². The Morgan fingerprint density at radius 3 is 2.87 bits per heavy atom. The quantitative estimate of drug-likeness (QED) is 0.807. The molecule has 0 spiro atoms. The van der Waals surface area contributed by atoms with Gasteiger partial charge in [0.05, 0.1) is 5.92 Å². The topological polar surface area (TPSA) is 85.5 Å². The Bertz CT molecular complexity index is 755. The fourth-order valence-corrected chi connectivity index (χ4v) is 2.64. The van der Waals surface area contributed by atoms with Gasteiger partial charge in [0.15, 0.2) is 11.9 Å². The van der Waals surface area contributed by atoms with Crippen molar-refractivity contribution < 1.29 is 18.8 Å². The fourth-order valence-electron chi connectivity index (χ4n) is 2.64. The smallest absolute Gasteiger partial charge is 0.314 e. The summed E-state index contributed by atoms with van der Waals surface area (Å²) in [7, 11) is 1.70. The lowest BCUT2D eigenvalue weighted by Gasteiger charge is -2.30. The van der Waals surface area contributed by atoms with Crippen LogP contribution in [0.15, 0.2) is 28.8 Å². The number of ether oxygens (including phenoxy) is 1. The van der Waals surface area contributed by atoms with Crippen molar-refractivity contribution in [3.05, 3.63) is 41.5 Å². The van der Waals surface area contributed by atoms with Crippen LogP contribution < -0.4 is 4.90 Å². The van der Waals surface area contributed by atoms with Crippen LogP contribution in [0.25, 0.3) is 0 Å². The Labute approximate surface area is 133 Å². The maximum Gasteiger partial charge on any atom is 0.314 e. The number of aryl methyl sites for hydroxylation is 1. The standard InChI is InChI=1S/C16H17N3O4/c1-9(15-17-10(2)18-23-15)22-16(21)12-8-14(20)19(3)13-7-5-4-6-11(12)13/h4-7,9,12H,8H2,1-3H3. The summed E-state index contributed by atoms with van der Waals surface area (Å²) in [4.78, 5) is 30.2. The third kappa shape index (κ3) is 2.81. The van der Waals surface area contributed by atoms with Crippen LogP contribution in [0.3, 0.4) is 0 Å². The van der Waals surface area contributed by atoms with Crippen LogP contribution >= 0.6 is 0 Å². The lowest BCUT2D eigenvalue weighted by atomic mass is 9.89. The van der Waals surface area contributed by atoms with Gasteiger partial charge >= 0.3 is 5.97 Å². The molecule has 7 heteroatoms. The van der Waals surface area contributed by atoms with Gasteiger partial charge in [-0.15, -0.1) is 0 Å². The van der Waals surface area contributed by atoms with Crippen LogP contribution in [0.5, 0.6) is 0 Å². The summed E-state index contributed by atoms with van der Waals surface area (Å²) in [5.41, 5.74) is 1.51. The molecule has 7 nitrogen and oxygen atoms in total. The molecule has 0 N–H and O–H groups in total. The molecule has 0 saturated carbocycles. The number of benzene rings is 1. The van der Waals surface area contributed by atoms with Crippen molar-refractivity contribution >= 4 is 17.6 Å². The third-order valence-electron chi connectivity index (χ3n) is 3.89. The highest BCUT2D eigenvalue weighted by Crippen LogP contribution is 2.36. The Hall–Kier alpha value is -2.70. The van der Waals surface area contributed by atoms with E-state index in [0.29, 0.717) is 5.82 Å². The SMILES string of the molecule is Cc1noc(C(C)OC(=O)C2CC(=O)N(C)c3ccccc32)n1. The normalized spacial score (nSPS) is 18.5. The number of hydrogen-bond acceptors (Lipinski definition) is 6. The number of esters is 1. The van der Waals surface area contributed by atoms with E-state index in [9.17, 15) is 9.59 Å². The van der Waals surface area contributed by atoms with Crippen LogP contribution in [0.2, 0.25) is 0 Å². The predicted molar refractivity (Wildman–Crippen MR) is 80.8 cm³/mol. The van der Waals surface area contributed by atoms with Gasteiger partial charge in [-0.1, -0.05) is 23.4 Å². The summed E-state index contributed by atoms with van der Waals surface area (Å²) < 4.78 is 10.4. The molecular formula is C16H17N3O4. The summed E-state index contributed by atoms with van der Waals surface area (Å²) in [5.74, 6) is -0.498. The zero-order chi connectivity index (χ0) is 16.6. The first-order valence-corrected chi connectivity index (χ1v) is 7.33. The van der Waals surface area contributed by atoms with Crippen LogP contribution in [-0.4, -0.2) is 29.1 Å². The molecule has 1 aliphatic rings. The van der Waals surface area contributed by atoms with Crippen LogP contribution in [0.4, 0.5) is 5.69 Å². The number of amides is 1. The molecule has 0 aliphatic carbocycles. The summed E-state index contributed by atoms with van der Waals surface area (Å²) in [5, 5.41) is 3.68. The molecule has 0 bridgehead atoms. The van der Waals surface area contributed by atoms with Gasteiger partial charge in [-0.2, -0.15) is 4.98 Å². The molecule has 1 aromatic carbocycles. The van der Waals surface area contributed by atoms with E-state index in [-0.39, 0.29) is 18.2 Å². The van der Waals surface area contributed by atoms with Gasteiger partial charge in [0.2, 0.25) is 5.91 Å². The number of fused-ring (bicyclic) bond motifs is 1. The van der Waals surface area contributed by atoms with Crippen molar-refractivity contribution in [2.75, 3.05) is 11.9 Å². The minimum Gasteiger partial charge on any atom is -0.452 e. The second kappa shape index (κ2) is 5.83. The second-order valence-corrected chi connectivity index (χ2v) is 5.53. The number of anilines is 1. The highest BCUT2D eigenvalue weighted by molar-refractivity contribution is 6.01. The molecular weight excluding hydrogens is 298 g/mol. The number of hydrogen-bond donors (Lipinski definition) is 0. The van der Waals surface area contributed by atoms with E-state index < -0.39 is 18.0 Å². The molecule has 120 valence electrons. The predicted octanol–water partition coefficient (Wildman–Crippen LogP) is 2.13. The van der Waals surface area contributed by atoms with E-state index in [2.05, 4.69) is 10.1 Å². The van der Waals surface area contributed by atoms with Crippen LogP contribution in [0.1, 0.15) is 42.6 Å². The Morgan fingerprint density at radius 1 is 1.43 bits per heavy atom. The average Bonchev–Trinajstić information content (AvgIpc) is 2.97. The van der Waals surface area contributed by atoms with E-state index >= 15 is 0 Å². The van der Waals surface area contributed by atoms with E-state index in [1.165, 1.54) is 0 Å². The molecule has 2 heterocycles. The van der Waals surface area contributed by atoms with Gasteiger partial charge in [-0.3, -0.25) is 9.59 Å². The molecule has 2 atom stereocenters. The Morgan fingerprint density at radius 2 is 2.17 bits per heavy atom. The molecule has 2 aromatic rings. The van der Waals surface area contributed by atoms with E-state index in [0.717, 1.165) is 11.3 Å². The number of nitrogens with zero attached hydrogens (tertiary/aromatic N) is 3. The first-order valence-electron chi connectivity index (χ1n) is 7.33. The van der Waals surface area contributed by atoms with Crippen molar-refractivity contribution in [2.45, 2.75) is 32.3 Å². The minimum atomic E-state index is -0.661. The van der Waals surface area contributed by atoms with Gasteiger partial charge in [0.25, 0.3) is 5.89 Å². The van der Waals surface area contributed by atoms with Crippen molar-refractivity contribution in [1.29, 1.82) is 0 Å². The molecule has 0 fully saturated rings. The zero-order valence-corrected chi connectivity index (χ0v) is 13.1. The number of aromatic nitrogens is 2. The van der Waals surface area contributed by atoms with Crippen LogP contribution in [-0.2, 0) is 14.3 Å². The molecule has 0 radical (unpaired) electrons. The number of carbonyl (C=O) groups excluding carboxylic acids is 2. The molecule has 3 rings (SSSR count). The highest BCUT2D eigenvalue weighted by atomic mass is 16.6. The van der Waals surface area contributed by atoms with Crippen LogP contribution in [0, 0.1) is 6.92 Å². The summed E-state index contributed by atoms with van der Waals surface area (Å²) >= 11 is 0. The van der Waals surface area contributed by atoms with Gasteiger partial charge in [0, 0.05) is 19.2 Å². The minimum absolute atomic E-state index is 0.0852. The van der Waals surface area contributed by atoms with Gasteiger partial charge < -0.3 is 14.2 Å². The van der Waals surface area contributed by atoms with Crippen molar-refractivity contribution in [3.63, 3.8) is 0 Å². The first-order chi connectivity index (χ1) is 11.0. The number of para-hydroxylation sites is 1. The molecule has 1 aliphatic heterocycles. The first kappa shape index (κ1) is 15.2. The summed E-state index contributed by atoms with van der Waals surface area (Å²) in [6.07, 6.45) is -0.576. The highest BCUT2D eigenvalue weighted by Gasteiger charge is 2.35. The van der Waals surface area contributed by atoms with Crippen molar-refractivity contribution in [1.82, 2.24) is 10.1 Å². The zero-order valence-electron chi connectivity index (χ0n) is 13.1. The number of rotatable bonds is 3. The largest absolute Gasteiger partial charge is 0.452 e. The molecule has 1 amide bonds. The van der Waals surface area contributed by atoms with E-state index in [1.54, 1.807) is 25.8 Å². The fraction of sp³-hybridized carbons (Fsp3) is 0.375. The monoisotopic (exact) mass is 315 g/mol. The third-order valence-corrected chi connectivity index (χ3v) is 3.89. The lowest BCUT2D eigenvalue weighted by Crippen LogP contribution is -2.36. The summed E-state index contributed by atoms with van der Waals surface area (Å²) in [6.45, 7) is 3.35. The second-order valence-electron chi connectivity index (χ2n) is 5.53. The maximum atomic E-state index is 12.5. The van der Waals surface area contributed by atoms with E-state index in [4.69, 9.17) is 9.26 Å². The lowest BCUT2D eigenvalue weighted by molar-refractivity contribution is -0.153. The number of carbonyl (C=O) groups is 2. The molecule has 23 heavy (non-hydrogen) atoms. The van der Waals surface area contributed by atoms with Crippen molar-refractivity contribution in [3.8, 4) is 0 Å². The maximum absolute atomic E-state index is 12.5. The molecule has 1 aromatic heterocycles. The Kier molecular flexibility index (Phi) is 3.85. The summed E-state index contributed by atoms with van der Waals surface area (Å²) in [6, 6.07) is 7.33. The average molecular weight is 315 g/mol.